The Morgan fingerprint density at radius 1 is 0.500 bits per heavy atom. The van der Waals surface area contributed by atoms with Crippen molar-refractivity contribution in [2.45, 2.75) is 13.1 Å². The van der Waals surface area contributed by atoms with E-state index in [1.54, 1.807) is 0 Å². The maximum absolute atomic E-state index is 5.04. The van der Waals surface area contributed by atoms with Gasteiger partial charge in [0.05, 0.1) is 17.6 Å². The van der Waals surface area contributed by atoms with Crippen LogP contribution in [0.5, 0.6) is 0 Å². The first-order chi connectivity index (χ1) is 20.8. The molecule has 202 valence electrons. The van der Waals surface area contributed by atoms with Crippen molar-refractivity contribution in [2.24, 2.45) is 4.99 Å². The van der Waals surface area contributed by atoms with E-state index in [1.807, 2.05) is 12.1 Å². The van der Waals surface area contributed by atoms with Crippen LogP contribution in [0.2, 0.25) is 0 Å². The number of fused-ring (bicyclic) bond motifs is 3. The summed E-state index contributed by atoms with van der Waals surface area (Å²) in [4.78, 5) is 5.04. The first-order valence-corrected chi connectivity index (χ1v) is 14.4. The Bertz CT molecular complexity index is 1920. The van der Waals surface area contributed by atoms with Gasteiger partial charge in [-0.3, -0.25) is 4.99 Å². The predicted octanol–water partition coefficient (Wildman–Crippen LogP) is 9.19. The number of nitrogens with zero attached hydrogens (tertiary/aromatic N) is 2. The van der Waals surface area contributed by atoms with E-state index in [9.17, 15) is 0 Å². The molecule has 42 heavy (non-hydrogen) atoms. The third-order valence-corrected chi connectivity index (χ3v) is 7.76. The molecule has 0 bridgehead atoms. The Hall–Kier alpha value is -5.41. The van der Waals surface area contributed by atoms with Crippen LogP contribution in [0.1, 0.15) is 16.7 Å². The van der Waals surface area contributed by atoms with Crippen molar-refractivity contribution in [2.75, 3.05) is 0 Å². The normalized spacial score (nSPS) is 11.7. The number of nitrogens with one attached hydrogen (secondary N) is 1. The summed E-state index contributed by atoms with van der Waals surface area (Å²) < 4.78 is 2.34. The van der Waals surface area contributed by atoms with Crippen molar-refractivity contribution in [3.05, 3.63) is 174 Å². The van der Waals surface area contributed by atoms with E-state index < -0.39 is 0 Å². The van der Waals surface area contributed by atoms with Gasteiger partial charge in [0.2, 0.25) is 0 Å². The number of rotatable bonds is 7. The molecule has 0 aliphatic heterocycles. The van der Waals surface area contributed by atoms with E-state index in [2.05, 4.69) is 155 Å². The predicted molar refractivity (Wildman–Crippen MR) is 176 cm³/mol. The summed E-state index contributed by atoms with van der Waals surface area (Å²) in [6.45, 7) is 1.31. The van der Waals surface area contributed by atoms with Crippen LogP contribution in [0.3, 0.4) is 0 Å². The quantitative estimate of drug-likeness (QED) is 0.158. The van der Waals surface area contributed by atoms with Crippen molar-refractivity contribution in [3.63, 3.8) is 0 Å². The van der Waals surface area contributed by atoms with Crippen molar-refractivity contribution >= 4 is 27.6 Å². The Morgan fingerprint density at radius 3 is 1.69 bits per heavy atom. The SMILES string of the molecule is c1ccc(CN=C(NCc2ccc(-c3ccccc3)cc2)c2ccc(-n3c4ccccc4c4ccccc43)cc2)cc1. The van der Waals surface area contributed by atoms with Crippen molar-refractivity contribution < 1.29 is 0 Å². The second-order valence-corrected chi connectivity index (χ2v) is 10.5. The lowest BCUT2D eigenvalue weighted by Crippen LogP contribution is -2.24. The number of hydrogen-bond acceptors (Lipinski definition) is 1. The lowest BCUT2D eigenvalue weighted by molar-refractivity contribution is 0.896. The molecule has 1 N–H and O–H groups in total. The molecule has 1 aromatic heterocycles. The molecule has 0 aliphatic rings. The van der Waals surface area contributed by atoms with Crippen LogP contribution in [-0.4, -0.2) is 10.4 Å². The van der Waals surface area contributed by atoms with Gasteiger partial charge >= 0.3 is 0 Å². The number of hydrogen-bond donors (Lipinski definition) is 1. The molecule has 0 amide bonds. The number of aromatic nitrogens is 1. The Kier molecular flexibility index (Phi) is 7.06. The van der Waals surface area contributed by atoms with Crippen LogP contribution in [0, 0.1) is 0 Å². The van der Waals surface area contributed by atoms with Crippen LogP contribution in [0.25, 0.3) is 38.6 Å². The highest BCUT2D eigenvalue weighted by Gasteiger charge is 2.12. The average molecular weight is 542 g/mol. The number of aliphatic imine (C=N–C) groups is 1. The zero-order chi connectivity index (χ0) is 28.1. The van der Waals surface area contributed by atoms with Crippen molar-refractivity contribution in [1.29, 1.82) is 0 Å². The zero-order valence-corrected chi connectivity index (χ0v) is 23.3. The maximum atomic E-state index is 5.04. The van der Waals surface area contributed by atoms with Gasteiger partial charge in [-0.05, 0) is 58.7 Å². The topological polar surface area (TPSA) is 29.3 Å². The molecule has 7 rings (SSSR count). The smallest absolute Gasteiger partial charge is 0.128 e. The van der Waals surface area contributed by atoms with E-state index in [4.69, 9.17) is 4.99 Å². The lowest BCUT2D eigenvalue weighted by atomic mass is 10.0. The van der Waals surface area contributed by atoms with E-state index in [0.717, 1.165) is 17.1 Å². The fourth-order valence-electron chi connectivity index (χ4n) is 5.60. The Labute approximate surface area is 246 Å². The maximum Gasteiger partial charge on any atom is 0.128 e. The minimum atomic E-state index is 0.616. The standard InChI is InChI=1S/C39H31N3/c1-3-11-29(12-4-1)27-40-39(41-28-30-19-21-32(22-20-30)31-13-5-2-6-14-31)33-23-25-34(26-24-33)42-37-17-9-7-15-35(37)36-16-8-10-18-38(36)42/h1-26H,27-28H2,(H,40,41). The first kappa shape index (κ1) is 25.6. The van der Waals surface area contributed by atoms with Crippen molar-refractivity contribution in [3.8, 4) is 16.8 Å². The molecule has 0 aliphatic carbocycles. The molecule has 0 radical (unpaired) electrons. The highest BCUT2D eigenvalue weighted by Crippen LogP contribution is 2.31. The van der Waals surface area contributed by atoms with E-state index >= 15 is 0 Å². The van der Waals surface area contributed by atoms with Crippen LogP contribution in [0.4, 0.5) is 0 Å². The molecule has 3 heteroatoms. The Balaban J connectivity index is 1.18. The highest BCUT2D eigenvalue weighted by molar-refractivity contribution is 6.09. The lowest BCUT2D eigenvalue weighted by Gasteiger charge is -2.13. The molecular weight excluding hydrogens is 510 g/mol. The van der Waals surface area contributed by atoms with Gasteiger partial charge in [-0.15, -0.1) is 0 Å². The molecule has 0 unspecified atom stereocenters. The van der Waals surface area contributed by atoms with E-state index in [0.29, 0.717) is 13.1 Å². The van der Waals surface area contributed by atoms with Gasteiger partial charge in [0.15, 0.2) is 0 Å². The molecule has 7 aromatic rings. The third kappa shape index (κ3) is 5.21. The fraction of sp³-hybridized carbons (Fsp3) is 0.0513. The van der Waals surface area contributed by atoms with Crippen LogP contribution < -0.4 is 5.32 Å². The molecule has 0 spiro atoms. The van der Waals surface area contributed by atoms with Gasteiger partial charge in [-0.1, -0.05) is 121 Å². The number of benzene rings is 6. The summed E-state index contributed by atoms with van der Waals surface area (Å²) in [6, 6.07) is 55.6. The van der Waals surface area contributed by atoms with Gasteiger partial charge in [0, 0.05) is 28.6 Å². The van der Waals surface area contributed by atoms with E-state index in [-0.39, 0.29) is 0 Å². The van der Waals surface area contributed by atoms with Gasteiger partial charge in [0.1, 0.15) is 5.84 Å². The molecule has 0 saturated heterocycles. The summed E-state index contributed by atoms with van der Waals surface area (Å²) in [6.07, 6.45) is 0. The minimum Gasteiger partial charge on any atom is -0.366 e. The summed E-state index contributed by atoms with van der Waals surface area (Å²) >= 11 is 0. The van der Waals surface area contributed by atoms with Crippen LogP contribution in [-0.2, 0) is 13.1 Å². The minimum absolute atomic E-state index is 0.616. The monoisotopic (exact) mass is 541 g/mol. The Morgan fingerprint density at radius 2 is 1.05 bits per heavy atom. The third-order valence-electron chi connectivity index (χ3n) is 7.76. The summed E-state index contributed by atoms with van der Waals surface area (Å²) in [7, 11) is 0. The fourth-order valence-corrected chi connectivity index (χ4v) is 5.60. The number of para-hydroxylation sites is 2. The molecule has 1 heterocycles. The van der Waals surface area contributed by atoms with Gasteiger partial charge in [-0.25, -0.2) is 0 Å². The first-order valence-electron chi connectivity index (χ1n) is 14.4. The van der Waals surface area contributed by atoms with Crippen LogP contribution >= 0.6 is 0 Å². The summed E-state index contributed by atoms with van der Waals surface area (Å²) in [5, 5.41) is 6.17. The second-order valence-electron chi connectivity index (χ2n) is 10.5. The summed E-state index contributed by atoms with van der Waals surface area (Å²) in [5.74, 6) is 0.889. The molecular formula is C39H31N3. The highest BCUT2D eigenvalue weighted by atomic mass is 15.0. The second kappa shape index (κ2) is 11.6. The van der Waals surface area contributed by atoms with Crippen molar-refractivity contribution in [1.82, 2.24) is 9.88 Å². The van der Waals surface area contributed by atoms with E-state index in [1.165, 1.54) is 44.1 Å². The molecule has 0 saturated carbocycles. The van der Waals surface area contributed by atoms with Gasteiger partial charge in [-0.2, -0.15) is 0 Å². The average Bonchev–Trinajstić information content (AvgIpc) is 3.40. The van der Waals surface area contributed by atoms with Crippen LogP contribution in [0.15, 0.2) is 163 Å². The summed E-state index contributed by atoms with van der Waals surface area (Å²) in [5.41, 5.74) is 9.47. The zero-order valence-electron chi connectivity index (χ0n) is 23.3. The molecule has 3 nitrogen and oxygen atoms in total. The number of amidine groups is 1. The van der Waals surface area contributed by atoms with Gasteiger partial charge in [0.25, 0.3) is 0 Å². The molecule has 6 aromatic carbocycles. The molecule has 0 atom stereocenters. The largest absolute Gasteiger partial charge is 0.366 e. The molecule has 0 fully saturated rings. The van der Waals surface area contributed by atoms with Gasteiger partial charge < -0.3 is 9.88 Å².